The molecule has 0 aromatic heterocycles. The van der Waals surface area contributed by atoms with Gasteiger partial charge in [0.25, 0.3) is 5.69 Å². The summed E-state index contributed by atoms with van der Waals surface area (Å²) in [5, 5.41) is 10.9. The normalized spacial score (nSPS) is 21.6. The van der Waals surface area contributed by atoms with Gasteiger partial charge < -0.3 is 9.80 Å². The van der Waals surface area contributed by atoms with Crippen LogP contribution in [0.25, 0.3) is 0 Å². The molecular formula is C16H23IN4O2. The van der Waals surface area contributed by atoms with Crippen LogP contribution in [-0.2, 0) is 0 Å². The van der Waals surface area contributed by atoms with Crippen molar-refractivity contribution in [3.05, 3.63) is 31.9 Å². The Morgan fingerprint density at radius 3 is 2.35 bits per heavy atom. The molecule has 6 nitrogen and oxygen atoms in total. The number of rotatable bonds is 3. The van der Waals surface area contributed by atoms with Gasteiger partial charge in [0.15, 0.2) is 0 Å². The standard InChI is InChI=1S/C16H23IN4O2/c1-18-8-10-19(11-9-18)13-4-6-20(7-5-13)16-3-2-14(21(22)23)12-15(16)17/h2-3,12-13H,4-11H2,1H3. The van der Waals surface area contributed by atoms with Gasteiger partial charge in [-0.3, -0.25) is 15.0 Å². The second-order valence-corrected chi connectivity index (χ2v) is 7.61. The SMILES string of the molecule is CN1CCN(C2CCN(c3ccc([N+](=O)[O-])cc3I)CC2)CC1. The molecule has 0 saturated carbocycles. The Labute approximate surface area is 150 Å². The molecule has 2 heterocycles. The van der Waals surface area contributed by atoms with Crippen LogP contribution in [0.15, 0.2) is 18.2 Å². The van der Waals surface area contributed by atoms with Crippen molar-refractivity contribution in [3.8, 4) is 0 Å². The minimum absolute atomic E-state index is 0.172. The molecule has 3 rings (SSSR count). The van der Waals surface area contributed by atoms with Crippen LogP contribution in [0, 0.1) is 13.7 Å². The third-order valence-electron chi connectivity index (χ3n) is 5.00. The molecular weight excluding hydrogens is 407 g/mol. The molecule has 126 valence electrons. The lowest BCUT2D eigenvalue weighted by Crippen LogP contribution is -2.52. The van der Waals surface area contributed by atoms with Crippen LogP contribution in [0.1, 0.15) is 12.8 Å². The third-order valence-corrected chi connectivity index (χ3v) is 5.87. The van der Waals surface area contributed by atoms with E-state index in [0.29, 0.717) is 6.04 Å². The van der Waals surface area contributed by atoms with Gasteiger partial charge in [-0.05, 0) is 48.5 Å². The molecule has 2 saturated heterocycles. The molecule has 0 bridgehead atoms. The Morgan fingerprint density at radius 1 is 1.13 bits per heavy atom. The van der Waals surface area contributed by atoms with E-state index in [0.717, 1.165) is 22.3 Å². The van der Waals surface area contributed by atoms with E-state index in [9.17, 15) is 10.1 Å². The first-order chi connectivity index (χ1) is 11.0. The van der Waals surface area contributed by atoms with E-state index in [4.69, 9.17) is 0 Å². The van der Waals surface area contributed by atoms with Crippen LogP contribution in [0.4, 0.5) is 11.4 Å². The minimum Gasteiger partial charge on any atom is -0.371 e. The summed E-state index contributed by atoms with van der Waals surface area (Å²) in [7, 11) is 2.19. The van der Waals surface area contributed by atoms with E-state index < -0.39 is 0 Å². The lowest BCUT2D eigenvalue weighted by atomic mass is 10.0. The predicted octanol–water partition coefficient (Wildman–Crippen LogP) is 2.42. The third kappa shape index (κ3) is 3.95. The number of likely N-dealkylation sites (N-methyl/N-ethyl adjacent to an activating group) is 1. The van der Waals surface area contributed by atoms with Crippen LogP contribution in [0.2, 0.25) is 0 Å². The van der Waals surface area contributed by atoms with E-state index in [2.05, 4.69) is 44.3 Å². The van der Waals surface area contributed by atoms with Crippen molar-refractivity contribution in [3.63, 3.8) is 0 Å². The number of anilines is 1. The number of nitro benzene ring substituents is 1. The van der Waals surface area contributed by atoms with Crippen molar-refractivity contribution in [2.75, 3.05) is 51.2 Å². The van der Waals surface area contributed by atoms with Crippen molar-refractivity contribution in [2.45, 2.75) is 18.9 Å². The molecule has 2 fully saturated rings. The molecule has 0 amide bonds. The maximum Gasteiger partial charge on any atom is 0.270 e. The molecule has 0 N–H and O–H groups in total. The monoisotopic (exact) mass is 430 g/mol. The lowest BCUT2D eigenvalue weighted by Gasteiger charge is -2.42. The van der Waals surface area contributed by atoms with Crippen LogP contribution in [0.3, 0.4) is 0 Å². The first kappa shape index (κ1) is 16.9. The summed E-state index contributed by atoms with van der Waals surface area (Å²) in [4.78, 5) is 17.9. The smallest absolute Gasteiger partial charge is 0.270 e. The van der Waals surface area contributed by atoms with Gasteiger partial charge in [0.05, 0.1) is 10.6 Å². The number of benzene rings is 1. The number of non-ortho nitro benzene ring substituents is 1. The second kappa shape index (κ2) is 7.31. The van der Waals surface area contributed by atoms with Crippen molar-refractivity contribution < 1.29 is 4.92 Å². The average molecular weight is 430 g/mol. The summed E-state index contributed by atoms with van der Waals surface area (Å²) in [6, 6.07) is 5.87. The highest BCUT2D eigenvalue weighted by Crippen LogP contribution is 2.30. The number of hydrogen-bond donors (Lipinski definition) is 0. The lowest BCUT2D eigenvalue weighted by molar-refractivity contribution is -0.384. The maximum atomic E-state index is 10.9. The van der Waals surface area contributed by atoms with Crippen molar-refractivity contribution >= 4 is 34.0 Å². The molecule has 2 aliphatic heterocycles. The van der Waals surface area contributed by atoms with Crippen molar-refractivity contribution in [2.24, 2.45) is 0 Å². The van der Waals surface area contributed by atoms with E-state index >= 15 is 0 Å². The number of piperidine rings is 1. The van der Waals surface area contributed by atoms with Gasteiger partial charge in [-0.15, -0.1) is 0 Å². The highest BCUT2D eigenvalue weighted by atomic mass is 127. The van der Waals surface area contributed by atoms with Gasteiger partial charge in [-0.25, -0.2) is 0 Å². The van der Waals surface area contributed by atoms with Gasteiger partial charge in [-0.2, -0.15) is 0 Å². The molecule has 0 atom stereocenters. The number of nitrogens with zero attached hydrogens (tertiary/aromatic N) is 4. The van der Waals surface area contributed by atoms with E-state index in [1.807, 2.05) is 6.07 Å². The topological polar surface area (TPSA) is 52.9 Å². The zero-order chi connectivity index (χ0) is 16.4. The number of hydrogen-bond acceptors (Lipinski definition) is 5. The predicted molar refractivity (Wildman–Crippen MR) is 100 cm³/mol. The zero-order valence-corrected chi connectivity index (χ0v) is 15.6. The van der Waals surface area contributed by atoms with Crippen LogP contribution < -0.4 is 4.90 Å². The number of nitro groups is 1. The highest BCUT2D eigenvalue weighted by Gasteiger charge is 2.27. The summed E-state index contributed by atoms with van der Waals surface area (Å²) in [6.45, 7) is 6.75. The summed E-state index contributed by atoms with van der Waals surface area (Å²) in [5.41, 5.74) is 1.30. The van der Waals surface area contributed by atoms with Gasteiger partial charge in [0, 0.05) is 61.0 Å². The summed E-state index contributed by atoms with van der Waals surface area (Å²) in [6.07, 6.45) is 2.35. The summed E-state index contributed by atoms with van der Waals surface area (Å²) >= 11 is 2.21. The van der Waals surface area contributed by atoms with Gasteiger partial charge >= 0.3 is 0 Å². The Balaban J connectivity index is 1.59. The first-order valence-electron chi connectivity index (χ1n) is 8.16. The van der Waals surface area contributed by atoms with E-state index in [-0.39, 0.29) is 10.6 Å². The van der Waals surface area contributed by atoms with E-state index in [1.54, 1.807) is 12.1 Å². The first-order valence-corrected chi connectivity index (χ1v) is 9.24. The molecule has 23 heavy (non-hydrogen) atoms. The Morgan fingerprint density at radius 2 is 1.78 bits per heavy atom. The molecule has 1 aromatic carbocycles. The van der Waals surface area contributed by atoms with Gasteiger partial charge in [0.2, 0.25) is 0 Å². The fourth-order valence-electron chi connectivity index (χ4n) is 3.52. The summed E-state index contributed by atoms with van der Waals surface area (Å²) < 4.78 is 0.967. The number of piperazine rings is 1. The fourth-order valence-corrected chi connectivity index (χ4v) is 4.36. The Kier molecular flexibility index (Phi) is 5.38. The molecule has 0 radical (unpaired) electrons. The Hall–Kier alpha value is -0.930. The van der Waals surface area contributed by atoms with Gasteiger partial charge in [0.1, 0.15) is 0 Å². The maximum absolute atomic E-state index is 10.9. The average Bonchev–Trinajstić information content (AvgIpc) is 2.56. The van der Waals surface area contributed by atoms with Crippen LogP contribution >= 0.6 is 22.6 Å². The summed E-state index contributed by atoms with van der Waals surface area (Å²) in [5.74, 6) is 0. The molecule has 1 aromatic rings. The van der Waals surface area contributed by atoms with Crippen LogP contribution in [-0.4, -0.2) is 67.1 Å². The van der Waals surface area contributed by atoms with E-state index in [1.165, 1.54) is 39.0 Å². The fraction of sp³-hybridized carbons (Fsp3) is 0.625. The van der Waals surface area contributed by atoms with Gasteiger partial charge in [-0.1, -0.05) is 0 Å². The van der Waals surface area contributed by atoms with Crippen molar-refractivity contribution in [1.29, 1.82) is 0 Å². The van der Waals surface area contributed by atoms with Crippen molar-refractivity contribution in [1.82, 2.24) is 9.80 Å². The minimum atomic E-state index is -0.328. The second-order valence-electron chi connectivity index (χ2n) is 6.45. The van der Waals surface area contributed by atoms with Crippen LogP contribution in [0.5, 0.6) is 0 Å². The zero-order valence-electron chi connectivity index (χ0n) is 13.4. The molecule has 0 aliphatic carbocycles. The molecule has 0 spiro atoms. The number of halogens is 1. The highest BCUT2D eigenvalue weighted by molar-refractivity contribution is 14.1. The quantitative estimate of drug-likeness (QED) is 0.419. The molecule has 2 aliphatic rings. The Bertz CT molecular complexity index is 567. The largest absolute Gasteiger partial charge is 0.371 e. The molecule has 0 unspecified atom stereocenters. The molecule has 7 heteroatoms.